The van der Waals surface area contributed by atoms with Crippen molar-refractivity contribution in [3.8, 4) is 67.8 Å². The Bertz CT molecular complexity index is 3840. The van der Waals surface area contributed by atoms with E-state index in [0.29, 0.717) is 39.6 Å². The minimum absolute atomic E-state index is 0.147. The van der Waals surface area contributed by atoms with Gasteiger partial charge in [-0.1, -0.05) is 146 Å². The van der Waals surface area contributed by atoms with Crippen LogP contribution in [-0.2, 0) is 12.4 Å². The zero-order chi connectivity index (χ0) is 47.7. The highest BCUT2D eigenvalue weighted by molar-refractivity contribution is 6.12. The fraction of sp³-hybridized carbons (Fsp3) is 0.0339. The maximum Gasteiger partial charge on any atom is 0.416 e. The van der Waals surface area contributed by atoms with Crippen LogP contribution in [0.3, 0.4) is 0 Å². The van der Waals surface area contributed by atoms with Gasteiger partial charge in [0.05, 0.1) is 44.6 Å². The van der Waals surface area contributed by atoms with Gasteiger partial charge in [0.15, 0.2) is 17.5 Å². The third kappa shape index (κ3) is 7.34. The van der Waals surface area contributed by atoms with Crippen LogP contribution in [0.2, 0.25) is 0 Å². The van der Waals surface area contributed by atoms with Crippen LogP contribution < -0.4 is 0 Å². The predicted molar refractivity (Wildman–Crippen MR) is 266 cm³/mol. The van der Waals surface area contributed by atoms with Crippen molar-refractivity contribution >= 4 is 43.6 Å². The second-order valence-corrected chi connectivity index (χ2v) is 17.0. The second kappa shape index (κ2) is 16.4. The van der Waals surface area contributed by atoms with Crippen LogP contribution in [0.5, 0.6) is 0 Å². The van der Waals surface area contributed by atoms with Gasteiger partial charge in [-0.15, -0.1) is 0 Å². The third-order valence-electron chi connectivity index (χ3n) is 12.8. The van der Waals surface area contributed by atoms with Crippen molar-refractivity contribution in [3.63, 3.8) is 0 Å². The molecule has 9 aromatic carbocycles. The largest absolute Gasteiger partial charge is 0.416 e. The highest BCUT2D eigenvalue weighted by Gasteiger charge is 2.37. The highest BCUT2D eigenvalue weighted by atomic mass is 19.4. The van der Waals surface area contributed by atoms with Crippen molar-refractivity contribution < 1.29 is 26.3 Å². The number of alkyl halides is 6. The normalized spacial score (nSPS) is 12.1. The summed E-state index contributed by atoms with van der Waals surface area (Å²) < 4.78 is 88.9. The molecule has 3 aromatic heterocycles. The van der Waals surface area contributed by atoms with Gasteiger partial charge in [-0.2, -0.15) is 26.3 Å². The van der Waals surface area contributed by atoms with Gasteiger partial charge in [-0.05, 0) is 83.4 Å². The maximum absolute atomic E-state index is 14.1. The third-order valence-corrected chi connectivity index (χ3v) is 12.8. The number of halogens is 6. The summed E-state index contributed by atoms with van der Waals surface area (Å²) in [6, 6.07) is 64.6. The molecular formula is C59H35F6N5. The first-order chi connectivity index (χ1) is 34.0. The van der Waals surface area contributed by atoms with Crippen LogP contribution in [0.25, 0.3) is 111 Å². The van der Waals surface area contributed by atoms with E-state index >= 15 is 0 Å². The lowest BCUT2D eigenvalue weighted by molar-refractivity contribution is -0.143. The zero-order valence-corrected chi connectivity index (χ0v) is 36.7. The quantitative estimate of drug-likeness (QED) is 0.150. The van der Waals surface area contributed by atoms with Gasteiger partial charge in [0.25, 0.3) is 0 Å². The summed E-state index contributed by atoms with van der Waals surface area (Å²) in [6.45, 7) is 0. The van der Waals surface area contributed by atoms with E-state index in [0.717, 1.165) is 72.8 Å². The van der Waals surface area contributed by atoms with Gasteiger partial charge >= 0.3 is 12.4 Å². The zero-order valence-electron chi connectivity index (χ0n) is 36.7. The summed E-state index contributed by atoms with van der Waals surface area (Å²) >= 11 is 0. The van der Waals surface area contributed by atoms with Crippen molar-refractivity contribution in [3.05, 3.63) is 223 Å². The summed E-state index contributed by atoms with van der Waals surface area (Å²) in [4.78, 5) is 15.4. The van der Waals surface area contributed by atoms with E-state index in [1.165, 1.54) is 0 Å². The highest BCUT2D eigenvalue weighted by Crippen LogP contribution is 2.44. The van der Waals surface area contributed by atoms with Crippen LogP contribution in [0, 0.1) is 0 Å². The van der Waals surface area contributed by atoms with Crippen LogP contribution in [0.1, 0.15) is 11.1 Å². The predicted octanol–water partition coefficient (Wildman–Crippen LogP) is 16.4. The van der Waals surface area contributed by atoms with E-state index in [4.69, 9.17) is 15.0 Å². The molecule has 0 N–H and O–H groups in total. The fourth-order valence-electron chi connectivity index (χ4n) is 9.64. The summed E-state index contributed by atoms with van der Waals surface area (Å²) in [7, 11) is 0. The SMILES string of the molecule is FC(F)(F)c1cc(-c2ccc3c(c2)c2ccccc2n3-c2ccc(-c3ccccc3-n3c4ccccc4c4ccccc43)cc2-c2nc(-c3ccccc3)nc(-c3ccccc3)n2)cc(C(F)(F)F)c1. The van der Waals surface area contributed by atoms with Gasteiger partial charge in [-0.3, -0.25) is 0 Å². The summed E-state index contributed by atoms with van der Waals surface area (Å²) in [6.07, 6.45) is -10.0. The molecule has 0 saturated carbocycles. The molecule has 0 bridgehead atoms. The molecule has 0 fully saturated rings. The first kappa shape index (κ1) is 42.5. The number of hydrogen-bond acceptors (Lipinski definition) is 3. The number of benzene rings is 9. The monoisotopic (exact) mass is 927 g/mol. The molecule has 0 aliphatic carbocycles. The number of hydrogen-bond donors (Lipinski definition) is 0. The van der Waals surface area contributed by atoms with E-state index in [1.807, 2.05) is 132 Å². The van der Waals surface area contributed by atoms with Crippen LogP contribution in [0.15, 0.2) is 212 Å². The Morgan fingerprint density at radius 2 is 0.714 bits per heavy atom. The lowest BCUT2D eigenvalue weighted by atomic mass is 9.97. The number of rotatable bonds is 7. The molecule has 3 heterocycles. The topological polar surface area (TPSA) is 48.5 Å². The lowest BCUT2D eigenvalue weighted by Crippen LogP contribution is -2.11. The van der Waals surface area contributed by atoms with E-state index in [-0.39, 0.29) is 17.2 Å². The van der Waals surface area contributed by atoms with Crippen molar-refractivity contribution in [2.45, 2.75) is 12.4 Å². The number of para-hydroxylation sites is 4. The molecule has 0 atom stereocenters. The number of fused-ring (bicyclic) bond motifs is 6. The van der Waals surface area contributed by atoms with Gasteiger partial charge in [0.2, 0.25) is 0 Å². The summed E-state index contributed by atoms with van der Waals surface area (Å²) in [5.74, 6) is 1.29. The van der Waals surface area contributed by atoms with Gasteiger partial charge < -0.3 is 9.13 Å². The molecule has 0 spiro atoms. The lowest BCUT2D eigenvalue weighted by Gasteiger charge is -2.18. The molecule has 11 heteroatoms. The standard InChI is InChI=1S/C59H35F6N5/c60-58(61,62)41-31-40(32-42(35-41)59(63,64)65)38-27-29-53-47(33-38)46-22-10-14-26-52(46)70(53)54-30-28-39(43-19-7-11-23-49(43)69-50-24-12-8-20-44(50)45-21-9-13-25-51(45)69)34-48(54)57-67-55(36-15-3-1-4-16-36)66-56(68-57)37-17-5-2-6-18-37/h1-35H. The van der Waals surface area contributed by atoms with E-state index in [9.17, 15) is 26.3 Å². The molecule has 12 rings (SSSR count). The molecule has 0 unspecified atom stereocenters. The fourth-order valence-corrected chi connectivity index (χ4v) is 9.64. The average Bonchev–Trinajstić information content (AvgIpc) is 3.91. The van der Waals surface area contributed by atoms with Crippen LogP contribution in [0.4, 0.5) is 26.3 Å². The molecule has 0 amide bonds. The number of nitrogens with zero attached hydrogens (tertiary/aromatic N) is 5. The molecule has 0 radical (unpaired) electrons. The summed E-state index contributed by atoms with van der Waals surface area (Å²) in [5, 5.41) is 3.61. The Hall–Kier alpha value is -8.83. The average molecular weight is 928 g/mol. The molecule has 12 aromatic rings. The van der Waals surface area contributed by atoms with E-state index in [2.05, 4.69) is 53.1 Å². The first-order valence-corrected chi connectivity index (χ1v) is 22.4. The van der Waals surface area contributed by atoms with Gasteiger partial charge in [0.1, 0.15) is 0 Å². The Morgan fingerprint density at radius 1 is 0.286 bits per heavy atom. The summed E-state index contributed by atoms with van der Waals surface area (Å²) in [5.41, 5.74) is 6.38. The van der Waals surface area contributed by atoms with Gasteiger partial charge in [0, 0.05) is 43.8 Å². The minimum Gasteiger partial charge on any atom is -0.309 e. The van der Waals surface area contributed by atoms with Crippen molar-refractivity contribution in [2.75, 3.05) is 0 Å². The molecular weight excluding hydrogens is 893 g/mol. The van der Waals surface area contributed by atoms with Crippen molar-refractivity contribution in [1.82, 2.24) is 24.1 Å². The maximum atomic E-state index is 14.1. The molecule has 0 aliphatic rings. The molecule has 338 valence electrons. The van der Waals surface area contributed by atoms with Crippen molar-refractivity contribution in [2.24, 2.45) is 0 Å². The Labute approximate surface area is 396 Å². The molecule has 0 saturated heterocycles. The molecule has 5 nitrogen and oxygen atoms in total. The first-order valence-electron chi connectivity index (χ1n) is 22.4. The smallest absolute Gasteiger partial charge is 0.309 e. The minimum atomic E-state index is -5.00. The number of aromatic nitrogens is 5. The molecule has 0 aliphatic heterocycles. The van der Waals surface area contributed by atoms with E-state index in [1.54, 1.807) is 18.2 Å². The van der Waals surface area contributed by atoms with Crippen LogP contribution >= 0.6 is 0 Å². The van der Waals surface area contributed by atoms with Crippen LogP contribution in [-0.4, -0.2) is 24.1 Å². The second-order valence-electron chi connectivity index (χ2n) is 17.0. The van der Waals surface area contributed by atoms with Crippen molar-refractivity contribution in [1.29, 1.82) is 0 Å². The Morgan fingerprint density at radius 3 is 1.26 bits per heavy atom. The van der Waals surface area contributed by atoms with Gasteiger partial charge in [-0.25, -0.2) is 15.0 Å². The Balaban J connectivity index is 1.13. The molecule has 70 heavy (non-hydrogen) atoms. The Kier molecular flexibility index (Phi) is 9.99. The van der Waals surface area contributed by atoms with E-state index < -0.39 is 23.5 Å².